The molecular formula is C34H45N3O5S. The van der Waals surface area contributed by atoms with Crippen LogP contribution in [0.4, 0.5) is 9.59 Å². The summed E-state index contributed by atoms with van der Waals surface area (Å²) in [7, 11) is 0. The number of carbonyl (C=O) groups excluding carboxylic acids is 3. The molecule has 0 aliphatic heterocycles. The second kappa shape index (κ2) is 16.8. The van der Waals surface area contributed by atoms with E-state index in [1.54, 1.807) is 32.5 Å². The van der Waals surface area contributed by atoms with Gasteiger partial charge in [-0.15, -0.1) is 11.3 Å². The highest BCUT2D eigenvalue weighted by Gasteiger charge is 2.29. The molecule has 1 aromatic heterocycles. The third-order valence-electron chi connectivity index (χ3n) is 6.94. The molecule has 2 aromatic carbocycles. The lowest BCUT2D eigenvalue weighted by Gasteiger charge is -2.27. The van der Waals surface area contributed by atoms with Gasteiger partial charge in [0.1, 0.15) is 12.2 Å². The second-order valence-corrected chi connectivity index (χ2v) is 13.2. The van der Waals surface area contributed by atoms with Crippen LogP contribution < -0.4 is 10.6 Å². The number of carbonyl (C=O) groups is 3. The maximum Gasteiger partial charge on any atom is 0.408 e. The van der Waals surface area contributed by atoms with Crippen molar-refractivity contribution in [3.8, 4) is 0 Å². The van der Waals surface area contributed by atoms with E-state index in [0.717, 1.165) is 16.0 Å². The molecule has 43 heavy (non-hydrogen) atoms. The summed E-state index contributed by atoms with van der Waals surface area (Å²) in [6.45, 7) is 9.39. The molecule has 1 heterocycles. The van der Waals surface area contributed by atoms with Gasteiger partial charge in [0.2, 0.25) is 0 Å². The standard InChI is InChI=1S/C34H45N3O5S/c1-24(2)31(37-33(40)42-34(3,4)5)30(38)20-27(18-25-12-8-6-9-13-25)16-17-28(19-26-14-10-7-11-15-26)36-32(39)41-22-29-21-35-23-43-29/h6-15,21,23-24,27-28,31H,16-20,22H2,1-5H3,(H,36,39)(H,37,40)/t27-,28-,31+/m1/s1. The quantitative estimate of drug-likeness (QED) is 0.190. The second-order valence-electron chi connectivity index (χ2n) is 12.2. The fourth-order valence-corrected chi connectivity index (χ4v) is 5.41. The molecule has 232 valence electrons. The number of ether oxygens (including phenoxy) is 2. The van der Waals surface area contributed by atoms with Gasteiger partial charge in [-0.05, 0) is 69.4 Å². The Balaban J connectivity index is 1.72. The van der Waals surface area contributed by atoms with Crippen LogP contribution in [0.1, 0.15) is 69.9 Å². The molecule has 2 amide bonds. The summed E-state index contributed by atoms with van der Waals surface area (Å²) in [6.07, 6.45) is 3.60. The summed E-state index contributed by atoms with van der Waals surface area (Å²) in [5.74, 6) is -0.124. The average molecular weight is 608 g/mol. The van der Waals surface area contributed by atoms with E-state index in [-0.39, 0.29) is 30.3 Å². The van der Waals surface area contributed by atoms with Gasteiger partial charge in [0.05, 0.1) is 16.4 Å². The van der Waals surface area contributed by atoms with Gasteiger partial charge in [0.25, 0.3) is 0 Å². The van der Waals surface area contributed by atoms with Gasteiger partial charge < -0.3 is 20.1 Å². The Hall–Kier alpha value is -3.72. The summed E-state index contributed by atoms with van der Waals surface area (Å²) in [5, 5.41) is 5.86. The van der Waals surface area contributed by atoms with E-state index in [9.17, 15) is 14.4 Å². The van der Waals surface area contributed by atoms with Crippen LogP contribution in [-0.2, 0) is 33.7 Å². The SMILES string of the molecule is CC(C)[C@H](NC(=O)OC(C)(C)C)C(=O)C[C@H](CC[C@H](Cc1ccccc1)NC(=O)OCc1cncs1)Cc1ccccc1. The van der Waals surface area contributed by atoms with E-state index in [0.29, 0.717) is 32.1 Å². The highest BCUT2D eigenvalue weighted by atomic mass is 32.1. The number of alkyl carbamates (subject to hydrolysis) is 2. The molecule has 0 radical (unpaired) electrons. The molecule has 0 aliphatic carbocycles. The Morgan fingerprint density at radius 3 is 2.05 bits per heavy atom. The average Bonchev–Trinajstić information content (AvgIpc) is 3.47. The maximum absolute atomic E-state index is 13.6. The zero-order chi connectivity index (χ0) is 31.2. The number of rotatable bonds is 15. The minimum Gasteiger partial charge on any atom is -0.444 e. The zero-order valence-corrected chi connectivity index (χ0v) is 26.7. The predicted octanol–water partition coefficient (Wildman–Crippen LogP) is 7.13. The minimum absolute atomic E-state index is 0.00451. The van der Waals surface area contributed by atoms with E-state index in [1.165, 1.54) is 11.3 Å². The lowest BCUT2D eigenvalue weighted by Crippen LogP contribution is -2.47. The monoisotopic (exact) mass is 607 g/mol. The van der Waals surface area contributed by atoms with Crippen molar-refractivity contribution < 1.29 is 23.9 Å². The number of hydrogen-bond donors (Lipinski definition) is 2. The molecule has 0 bridgehead atoms. The maximum atomic E-state index is 13.6. The molecule has 0 fully saturated rings. The van der Waals surface area contributed by atoms with Gasteiger partial charge in [-0.3, -0.25) is 9.78 Å². The van der Waals surface area contributed by atoms with E-state index >= 15 is 0 Å². The summed E-state index contributed by atoms with van der Waals surface area (Å²) in [5.41, 5.74) is 3.29. The highest BCUT2D eigenvalue weighted by Crippen LogP contribution is 2.23. The van der Waals surface area contributed by atoms with Gasteiger partial charge in [-0.2, -0.15) is 0 Å². The molecule has 0 unspecified atom stereocenters. The number of aromatic nitrogens is 1. The third-order valence-corrected chi connectivity index (χ3v) is 7.70. The zero-order valence-electron chi connectivity index (χ0n) is 25.9. The van der Waals surface area contributed by atoms with Crippen LogP contribution in [-0.4, -0.2) is 40.6 Å². The number of nitrogens with one attached hydrogen (secondary N) is 2. The van der Waals surface area contributed by atoms with Crippen LogP contribution in [0.2, 0.25) is 0 Å². The molecule has 2 N–H and O–H groups in total. The van der Waals surface area contributed by atoms with E-state index in [1.807, 2.05) is 62.4 Å². The topological polar surface area (TPSA) is 107 Å². The number of amides is 2. The lowest BCUT2D eigenvalue weighted by molar-refractivity contribution is -0.123. The molecule has 0 spiro atoms. The molecule has 0 saturated carbocycles. The van der Waals surface area contributed by atoms with E-state index < -0.39 is 23.8 Å². The van der Waals surface area contributed by atoms with Crippen LogP contribution in [0.15, 0.2) is 72.4 Å². The number of nitrogens with zero attached hydrogens (tertiary/aromatic N) is 1. The van der Waals surface area contributed by atoms with Crippen LogP contribution in [0.25, 0.3) is 0 Å². The lowest BCUT2D eigenvalue weighted by atomic mass is 9.85. The van der Waals surface area contributed by atoms with Gasteiger partial charge in [-0.1, -0.05) is 74.5 Å². The molecule has 0 saturated heterocycles. The minimum atomic E-state index is -0.660. The first-order chi connectivity index (χ1) is 20.5. The number of thiazole rings is 1. The van der Waals surface area contributed by atoms with Crippen molar-refractivity contribution in [2.24, 2.45) is 11.8 Å². The molecule has 3 aromatic rings. The summed E-state index contributed by atoms with van der Waals surface area (Å²) in [6, 6.07) is 19.2. The Kier molecular flexibility index (Phi) is 13.2. The smallest absolute Gasteiger partial charge is 0.408 e. The fourth-order valence-electron chi connectivity index (χ4n) is 4.91. The van der Waals surface area contributed by atoms with Crippen molar-refractivity contribution in [3.63, 3.8) is 0 Å². The molecule has 8 nitrogen and oxygen atoms in total. The largest absolute Gasteiger partial charge is 0.444 e. The van der Waals surface area contributed by atoms with Gasteiger partial charge in [0.15, 0.2) is 5.78 Å². The van der Waals surface area contributed by atoms with Gasteiger partial charge >= 0.3 is 12.2 Å². The molecule has 3 rings (SSSR count). The van der Waals surface area contributed by atoms with Crippen LogP contribution in [0.3, 0.4) is 0 Å². The summed E-state index contributed by atoms with van der Waals surface area (Å²) >= 11 is 1.44. The predicted molar refractivity (Wildman–Crippen MR) is 170 cm³/mol. The highest BCUT2D eigenvalue weighted by molar-refractivity contribution is 7.09. The van der Waals surface area contributed by atoms with E-state index in [2.05, 4.69) is 27.8 Å². The Bertz CT molecular complexity index is 1260. The molecular weight excluding hydrogens is 562 g/mol. The van der Waals surface area contributed by atoms with Crippen LogP contribution >= 0.6 is 11.3 Å². The number of ketones is 1. The number of Topliss-reactive ketones (excluding diaryl/α,β-unsaturated/α-hetero) is 1. The van der Waals surface area contributed by atoms with Crippen molar-refractivity contribution in [2.75, 3.05) is 0 Å². The van der Waals surface area contributed by atoms with Gasteiger partial charge in [0, 0.05) is 18.7 Å². The first-order valence-corrected chi connectivity index (χ1v) is 15.8. The number of hydrogen-bond acceptors (Lipinski definition) is 7. The van der Waals surface area contributed by atoms with E-state index in [4.69, 9.17) is 9.47 Å². The first kappa shape index (κ1) is 33.8. The Morgan fingerprint density at radius 2 is 1.49 bits per heavy atom. The van der Waals surface area contributed by atoms with Crippen LogP contribution in [0.5, 0.6) is 0 Å². The van der Waals surface area contributed by atoms with Crippen molar-refractivity contribution in [2.45, 2.75) is 91.0 Å². The van der Waals surface area contributed by atoms with Crippen molar-refractivity contribution >= 4 is 29.3 Å². The Labute approximate surface area is 259 Å². The number of benzene rings is 2. The Morgan fingerprint density at radius 1 is 0.860 bits per heavy atom. The first-order valence-electron chi connectivity index (χ1n) is 14.9. The molecule has 0 aliphatic rings. The van der Waals surface area contributed by atoms with Crippen molar-refractivity contribution in [3.05, 3.63) is 88.4 Å². The van der Waals surface area contributed by atoms with Crippen LogP contribution in [0, 0.1) is 11.8 Å². The van der Waals surface area contributed by atoms with Gasteiger partial charge in [-0.25, -0.2) is 9.59 Å². The normalized spacial score (nSPS) is 13.5. The summed E-state index contributed by atoms with van der Waals surface area (Å²) < 4.78 is 10.9. The van der Waals surface area contributed by atoms with Crippen molar-refractivity contribution in [1.29, 1.82) is 0 Å². The fraction of sp³-hybridized carbons (Fsp3) is 0.471. The summed E-state index contributed by atoms with van der Waals surface area (Å²) in [4.78, 5) is 43.8. The third kappa shape index (κ3) is 13.0. The van der Waals surface area contributed by atoms with Crippen molar-refractivity contribution in [1.82, 2.24) is 15.6 Å². The molecule has 9 heteroatoms. The molecule has 3 atom stereocenters.